The predicted octanol–water partition coefficient (Wildman–Crippen LogP) is 2.86. The van der Waals surface area contributed by atoms with E-state index in [1.165, 1.54) is 7.11 Å². The maximum Gasteiger partial charge on any atom is 0.335 e. The topological polar surface area (TPSA) is 86.4 Å². The van der Waals surface area contributed by atoms with Gasteiger partial charge in [0.05, 0.1) is 32.0 Å². The lowest BCUT2D eigenvalue weighted by atomic mass is 10.0. The molecule has 0 spiro atoms. The normalized spacial score (nSPS) is 10.9. The third-order valence-electron chi connectivity index (χ3n) is 4.73. The summed E-state index contributed by atoms with van der Waals surface area (Å²) >= 11 is 0. The Hall–Kier alpha value is -3.35. The van der Waals surface area contributed by atoms with E-state index in [1.54, 1.807) is 18.6 Å². The van der Waals surface area contributed by atoms with Gasteiger partial charge in [0, 0.05) is 41.1 Å². The molecule has 0 saturated carbocycles. The van der Waals surface area contributed by atoms with Crippen molar-refractivity contribution in [2.24, 2.45) is 0 Å². The average Bonchev–Trinajstić information content (AvgIpc) is 3.26. The molecule has 7 nitrogen and oxygen atoms in total. The molecule has 0 unspecified atom stereocenters. The highest BCUT2D eigenvalue weighted by Crippen LogP contribution is 2.30. The van der Waals surface area contributed by atoms with Gasteiger partial charge in [-0.1, -0.05) is 12.6 Å². The Morgan fingerprint density at radius 3 is 2.74 bits per heavy atom. The second-order valence-corrected chi connectivity index (χ2v) is 6.29. The van der Waals surface area contributed by atoms with E-state index in [0.717, 1.165) is 22.2 Å². The molecule has 0 radical (unpaired) electrons. The van der Waals surface area contributed by atoms with Gasteiger partial charge >= 0.3 is 11.9 Å². The molecule has 27 heavy (non-hydrogen) atoms. The van der Waals surface area contributed by atoms with Crippen LogP contribution in [-0.2, 0) is 27.4 Å². The molecule has 140 valence electrons. The van der Waals surface area contributed by atoms with Crippen LogP contribution in [0.15, 0.2) is 43.5 Å². The number of hydrogen-bond donors (Lipinski definition) is 1. The summed E-state index contributed by atoms with van der Waals surface area (Å²) in [5, 5.41) is 10.2. The molecule has 0 amide bonds. The quantitative estimate of drug-likeness (QED) is 0.513. The fraction of sp³-hybridized carbons (Fsp3) is 0.250. The lowest BCUT2D eigenvalue weighted by Gasteiger charge is -2.08. The van der Waals surface area contributed by atoms with E-state index in [9.17, 15) is 14.7 Å². The number of carboxylic acid groups (broad SMARTS) is 1. The molecule has 1 N–H and O–H groups in total. The molecule has 0 aliphatic heterocycles. The van der Waals surface area contributed by atoms with Crippen LogP contribution in [0.5, 0.6) is 0 Å². The predicted molar refractivity (Wildman–Crippen MR) is 101 cm³/mol. The lowest BCUT2D eigenvalue weighted by molar-refractivity contribution is -0.140. The van der Waals surface area contributed by atoms with Crippen LogP contribution in [0.2, 0.25) is 0 Å². The van der Waals surface area contributed by atoms with E-state index in [1.807, 2.05) is 29.8 Å². The number of nitrogens with zero attached hydrogens (tertiary/aromatic N) is 3. The molecule has 2 aromatic heterocycles. The highest BCUT2D eigenvalue weighted by Gasteiger charge is 2.17. The number of carbonyl (C=O) groups excluding carboxylic acids is 1. The Labute approximate surface area is 156 Å². The Morgan fingerprint density at radius 1 is 1.33 bits per heavy atom. The Bertz CT molecular complexity index is 1020. The number of esters is 1. The number of carbonyl (C=O) groups is 2. The molecular formula is C20H21N3O4. The first-order chi connectivity index (χ1) is 12.9. The van der Waals surface area contributed by atoms with Crippen molar-refractivity contribution in [3.8, 4) is 0 Å². The molecule has 3 rings (SSSR count). The molecule has 7 heteroatoms. The molecule has 0 bridgehead atoms. The zero-order chi connectivity index (χ0) is 19.6. The second kappa shape index (κ2) is 7.49. The monoisotopic (exact) mass is 367 g/mol. The van der Waals surface area contributed by atoms with Gasteiger partial charge in [-0.3, -0.25) is 4.79 Å². The van der Waals surface area contributed by atoms with Crippen LogP contribution in [0.25, 0.3) is 16.5 Å². The van der Waals surface area contributed by atoms with E-state index in [-0.39, 0.29) is 18.0 Å². The second-order valence-electron chi connectivity index (χ2n) is 6.29. The fourth-order valence-electron chi connectivity index (χ4n) is 3.22. The summed E-state index contributed by atoms with van der Waals surface area (Å²) in [5.41, 5.74) is 3.61. The molecule has 0 atom stereocenters. The Balaban J connectivity index is 2.11. The molecule has 2 heterocycles. The molecule has 0 saturated heterocycles. The van der Waals surface area contributed by atoms with Crippen molar-refractivity contribution in [2.75, 3.05) is 7.11 Å². The summed E-state index contributed by atoms with van der Waals surface area (Å²) in [4.78, 5) is 27.0. The maximum atomic E-state index is 11.6. The van der Waals surface area contributed by atoms with Crippen molar-refractivity contribution in [2.45, 2.75) is 26.4 Å². The number of ether oxygens (including phenoxy) is 1. The van der Waals surface area contributed by atoms with E-state index in [4.69, 9.17) is 4.74 Å². The Morgan fingerprint density at radius 2 is 2.11 bits per heavy atom. The number of methoxy groups -OCH3 is 1. The number of aromatic nitrogens is 3. The van der Waals surface area contributed by atoms with Crippen molar-refractivity contribution < 1.29 is 19.4 Å². The standard InChI is InChI=1S/C20H21N3O4/c1-13(20(25)26)15-4-5-18-16(10-15)17(11-22-9-7-21-12-22)14(2)23(18)8-6-19(24)27-3/h4-5,7,9-10,12H,1,6,8,11H2,2-3H3,(H,25,26). The van der Waals surface area contributed by atoms with Gasteiger partial charge in [-0.05, 0) is 24.6 Å². The number of hydrogen-bond acceptors (Lipinski definition) is 4. The highest BCUT2D eigenvalue weighted by molar-refractivity contribution is 6.15. The number of aryl methyl sites for hydroxylation is 1. The number of benzene rings is 1. The van der Waals surface area contributed by atoms with Crippen LogP contribution >= 0.6 is 0 Å². The summed E-state index contributed by atoms with van der Waals surface area (Å²) in [5.74, 6) is -1.32. The third-order valence-corrected chi connectivity index (χ3v) is 4.73. The molecule has 3 aromatic rings. The smallest absolute Gasteiger partial charge is 0.335 e. The average molecular weight is 367 g/mol. The van der Waals surface area contributed by atoms with Crippen molar-refractivity contribution >= 4 is 28.4 Å². The summed E-state index contributed by atoms with van der Waals surface area (Å²) in [6.07, 6.45) is 5.58. The van der Waals surface area contributed by atoms with Gasteiger partial charge in [-0.25, -0.2) is 9.78 Å². The van der Waals surface area contributed by atoms with Crippen molar-refractivity contribution in [3.63, 3.8) is 0 Å². The van der Waals surface area contributed by atoms with Gasteiger partial charge in [-0.15, -0.1) is 0 Å². The van der Waals surface area contributed by atoms with Crippen molar-refractivity contribution in [3.05, 3.63) is 60.3 Å². The molecule has 1 aromatic carbocycles. The summed E-state index contributed by atoms with van der Waals surface area (Å²) in [6, 6.07) is 5.47. The summed E-state index contributed by atoms with van der Waals surface area (Å²) in [6.45, 7) is 6.73. The van der Waals surface area contributed by atoms with E-state index in [2.05, 4.69) is 16.1 Å². The van der Waals surface area contributed by atoms with Crippen LogP contribution in [0.4, 0.5) is 0 Å². The molecule has 0 aliphatic rings. The van der Waals surface area contributed by atoms with Crippen LogP contribution < -0.4 is 0 Å². The largest absolute Gasteiger partial charge is 0.478 e. The van der Waals surface area contributed by atoms with Crippen molar-refractivity contribution in [1.29, 1.82) is 0 Å². The Kier molecular flexibility index (Phi) is 5.12. The van der Waals surface area contributed by atoms with Gasteiger partial charge in [0.15, 0.2) is 0 Å². The summed E-state index contributed by atoms with van der Waals surface area (Å²) < 4.78 is 8.76. The van der Waals surface area contributed by atoms with Crippen LogP contribution in [0.3, 0.4) is 0 Å². The SMILES string of the molecule is C=C(C(=O)O)c1ccc2c(c1)c(Cn1ccnc1)c(C)n2CCC(=O)OC. The number of imidazole rings is 1. The van der Waals surface area contributed by atoms with E-state index < -0.39 is 5.97 Å². The first-order valence-electron chi connectivity index (χ1n) is 8.49. The lowest BCUT2D eigenvalue weighted by Crippen LogP contribution is -2.08. The first kappa shape index (κ1) is 18.4. The number of carboxylic acids is 1. The van der Waals surface area contributed by atoms with Gasteiger partial charge in [0.1, 0.15) is 0 Å². The third kappa shape index (κ3) is 3.62. The van der Waals surface area contributed by atoms with Crippen LogP contribution in [0, 0.1) is 6.92 Å². The van der Waals surface area contributed by atoms with Crippen molar-refractivity contribution in [1.82, 2.24) is 14.1 Å². The minimum absolute atomic E-state index is 0.0467. The van der Waals surface area contributed by atoms with Gasteiger partial charge in [0.2, 0.25) is 0 Å². The number of fused-ring (bicyclic) bond motifs is 1. The van der Waals surface area contributed by atoms with Gasteiger partial charge in [-0.2, -0.15) is 0 Å². The maximum absolute atomic E-state index is 11.6. The van der Waals surface area contributed by atoms with E-state index >= 15 is 0 Å². The van der Waals surface area contributed by atoms with E-state index in [0.29, 0.717) is 18.7 Å². The van der Waals surface area contributed by atoms with Crippen LogP contribution in [-0.4, -0.2) is 38.3 Å². The zero-order valence-electron chi connectivity index (χ0n) is 15.3. The summed E-state index contributed by atoms with van der Waals surface area (Å²) in [7, 11) is 1.37. The fourth-order valence-corrected chi connectivity index (χ4v) is 3.22. The molecule has 0 fully saturated rings. The molecular weight excluding hydrogens is 346 g/mol. The van der Waals surface area contributed by atoms with Crippen LogP contribution in [0.1, 0.15) is 23.2 Å². The minimum atomic E-state index is -1.05. The number of aliphatic carboxylic acids is 1. The first-order valence-corrected chi connectivity index (χ1v) is 8.49. The minimum Gasteiger partial charge on any atom is -0.478 e. The van der Waals surface area contributed by atoms with Gasteiger partial charge < -0.3 is 19.0 Å². The highest BCUT2D eigenvalue weighted by atomic mass is 16.5. The number of rotatable bonds is 7. The van der Waals surface area contributed by atoms with Gasteiger partial charge in [0.25, 0.3) is 0 Å². The zero-order valence-corrected chi connectivity index (χ0v) is 15.3. The molecule has 0 aliphatic carbocycles.